The molecule has 1 fully saturated rings. The van der Waals surface area contributed by atoms with Crippen LogP contribution in [0.1, 0.15) is 38.2 Å². The first kappa shape index (κ1) is 18.0. The van der Waals surface area contributed by atoms with Crippen molar-refractivity contribution in [3.63, 3.8) is 0 Å². The van der Waals surface area contributed by atoms with Crippen LogP contribution in [0.4, 0.5) is 5.82 Å². The standard InChI is InChI=1S/C15H25N5.HI/c1-2-7-18-15(16)19-12-13-6-8-17-14(11-13)20-9-4-3-5-10-20;/h6,8,11H,2-5,7,9-10,12H2,1H3,(H3,16,18,19);1H. The molecule has 2 heterocycles. The molecule has 1 saturated heterocycles. The van der Waals surface area contributed by atoms with Crippen molar-refractivity contribution in [2.75, 3.05) is 24.5 Å². The van der Waals surface area contributed by atoms with Gasteiger partial charge in [0.25, 0.3) is 0 Å². The number of aromatic nitrogens is 1. The minimum Gasteiger partial charge on any atom is -0.370 e. The molecule has 0 spiro atoms. The minimum absolute atomic E-state index is 0. The molecule has 2 rings (SSSR count). The molecular formula is C15H26IN5. The van der Waals surface area contributed by atoms with Gasteiger partial charge >= 0.3 is 0 Å². The Morgan fingerprint density at radius 2 is 2.14 bits per heavy atom. The van der Waals surface area contributed by atoms with E-state index in [0.29, 0.717) is 12.5 Å². The summed E-state index contributed by atoms with van der Waals surface area (Å²) in [6.45, 7) is 5.80. The van der Waals surface area contributed by atoms with Crippen LogP contribution in [-0.4, -0.2) is 30.6 Å². The third-order valence-electron chi connectivity index (χ3n) is 3.48. The predicted molar refractivity (Wildman–Crippen MR) is 99.3 cm³/mol. The summed E-state index contributed by atoms with van der Waals surface area (Å²) in [5.41, 5.74) is 6.96. The molecule has 3 N–H and O–H groups in total. The highest BCUT2D eigenvalue weighted by molar-refractivity contribution is 14.0. The lowest BCUT2D eigenvalue weighted by molar-refractivity contribution is 0.573. The Labute approximate surface area is 144 Å². The van der Waals surface area contributed by atoms with Crippen LogP contribution in [0.3, 0.4) is 0 Å². The second-order valence-electron chi connectivity index (χ2n) is 5.20. The summed E-state index contributed by atoms with van der Waals surface area (Å²) in [6, 6.07) is 4.13. The van der Waals surface area contributed by atoms with E-state index in [9.17, 15) is 0 Å². The largest absolute Gasteiger partial charge is 0.370 e. The molecule has 5 nitrogen and oxygen atoms in total. The third-order valence-corrected chi connectivity index (χ3v) is 3.48. The topological polar surface area (TPSA) is 66.5 Å². The molecular weight excluding hydrogens is 377 g/mol. The average Bonchev–Trinajstić information content (AvgIpc) is 2.52. The number of aliphatic imine (C=N–C) groups is 1. The van der Waals surface area contributed by atoms with Crippen molar-refractivity contribution in [3.05, 3.63) is 23.9 Å². The Morgan fingerprint density at radius 3 is 2.86 bits per heavy atom. The third kappa shape index (κ3) is 6.07. The van der Waals surface area contributed by atoms with Crippen LogP contribution < -0.4 is 16.0 Å². The number of nitrogens with one attached hydrogen (secondary N) is 1. The SMILES string of the molecule is CCCNC(N)=NCc1ccnc(N2CCCCC2)c1.I. The zero-order valence-corrected chi connectivity index (χ0v) is 15.0. The first-order valence-corrected chi connectivity index (χ1v) is 7.53. The Morgan fingerprint density at radius 1 is 1.38 bits per heavy atom. The Bertz CT molecular complexity index is 443. The molecule has 1 aromatic heterocycles. The van der Waals surface area contributed by atoms with Gasteiger partial charge in [-0.1, -0.05) is 6.92 Å². The van der Waals surface area contributed by atoms with Gasteiger partial charge < -0.3 is 16.0 Å². The highest BCUT2D eigenvalue weighted by Crippen LogP contribution is 2.18. The number of rotatable bonds is 5. The number of nitrogens with two attached hydrogens (primary N) is 1. The van der Waals surface area contributed by atoms with Crippen molar-refractivity contribution in [1.29, 1.82) is 0 Å². The maximum atomic E-state index is 5.80. The summed E-state index contributed by atoms with van der Waals surface area (Å²) < 4.78 is 0. The molecule has 0 amide bonds. The summed E-state index contributed by atoms with van der Waals surface area (Å²) in [7, 11) is 0. The van der Waals surface area contributed by atoms with Crippen molar-refractivity contribution in [2.24, 2.45) is 10.7 Å². The molecule has 118 valence electrons. The zero-order chi connectivity index (χ0) is 14.2. The van der Waals surface area contributed by atoms with E-state index in [-0.39, 0.29) is 24.0 Å². The van der Waals surface area contributed by atoms with Gasteiger partial charge in [0.05, 0.1) is 6.54 Å². The molecule has 0 unspecified atom stereocenters. The van der Waals surface area contributed by atoms with Gasteiger partial charge in [-0.05, 0) is 43.4 Å². The monoisotopic (exact) mass is 403 g/mol. The quantitative estimate of drug-likeness (QED) is 0.451. The van der Waals surface area contributed by atoms with Gasteiger partial charge in [-0.25, -0.2) is 9.98 Å². The number of nitrogens with zero attached hydrogens (tertiary/aromatic N) is 3. The lowest BCUT2D eigenvalue weighted by atomic mass is 10.1. The van der Waals surface area contributed by atoms with E-state index in [1.807, 2.05) is 12.3 Å². The molecule has 0 radical (unpaired) electrons. The maximum absolute atomic E-state index is 5.80. The van der Waals surface area contributed by atoms with Crippen LogP contribution >= 0.6 is 24.0 Å². The van der Waals surface area contributed by atoms with Crippen LogP contribution in [-0.2, 0) is 6.54 Å². The number of anilines is 1. The van der Waals surface area contributed by atoms with E-state index in [4.69, 9.17) is 5.73 Å². The first-order chi connectivity index (χ1) is 9.79. The van der Waals surface area contributed by atoms with E-state index >= 15 is 0 Å². The molecule has 1 aliphatic rings. The van der Waals surface area contributed by atoms with Gasteiger partial charge in [-0.2, -0.15) is 0 Å². The summed E-state index contributed by atoms with van der Waals surface area (Å²) in [5.74, 6) is 1.58. The molecule has 0 aliphatic carbocycles. The van der Waals surface area contributed by atoms with E-state index in [1.54, 1.807) is 0 Å². The van der Waals surface area contributed by atoms with Crippen LogP contribution in [0.15, 0.2) is 23.3 Å². The number of guanidine groups is 1. The van der Waals surface area contributed by atoms with Gasteiger partial charge in [0.2, 0.25) is 0 Å². The van der Waals surface area contributed by atoms with Crippen LogP contribution in [0.25, 0.3) is 0 Å². The summed E-state index contributed by atoms with van der Waals surface area (Å²) in [5, 5.41) is 3.08. The van der Waals surface area contributed by atoms with Crippen LogP contribution in [0.2, 0.25) is 0 Å². The molecule has 0 aromatic carbocycles. The molecule has 21 heavy (non-hydrogen) atoms. The maximum Gasteiger partial charge on any atom is 0.188 e. The summed E-state index contributed by atoms with van der Waals surface area (Å²) in [4.78, 5) is 11.2. The average molecular weight is 403 g/mol. The highest BCUT2D eigenvalue weighted by atomic mass is 127. The molecule has 6 heteroatoms. The van der Waals surface area contributed by atoms with Gasteiger partial charge in [-0.15, -0.1) is 24.0 Å². The smallest absolute Gasteiger partial charge is 0.188 e. The van der Waals surface area contributed by atoms with E-state index in [2.05, 4.69) is 33.2 Å². The number of hydrogen-bond acceptors (Lipinski definition) is 3. The number of piperidine rings is 1. The van der Waals surface area contributed by atoms with Crippen molar-refractivity contribution >= 4 is 35.8 Å². The molecule has 0 atom stereocenters. The van der Waals surface area contributed by atoms with Gasteiger partial charge in [-0.3, -0.25) is 0 Å². The van der Waals surface area contributed by atoms with E-state index in [0.717, 1.165) is 37.4 Å². The molecule has 1 aromatic rings. The fourth-order valence-electron chi connectivity index (χ4n) is 2.34. The molecule has 0 bridgehead atoms. The van der Waals surface area contributed by atoms with Crippen molar-refractivity contribution < 1.29 is 0 Å². The van der Waals surface area contributed by atoms with Crippen LogP contribution in [0.5, 0.6) is 0 Å². The fraction of sp³-hybridized carbons (Fsp3) is 0.600. The number of halogens is 1. The van der Waals surface area contributed by atoms with Gasteiger partial charge in [0, 0.05) is 25.8 Å². The van der Waals surface area contributed by atoms with E-state index < -0.39 is 0 Å². The second kappa shape index (κ2) is 9.81. The normalized spacial score (nSPS) is 15.5. The Balaban J connectivity index is 0.00000220. The Kier molecular flexibility index (Phi) is 8.41. The number of pyridine rings is 1. The highest BCUT2D eigenvalue weighted by Gasteiger charge is 2.11. The van der Waals surface area contributed by atoms with Gasteiger partial charge in [0.1, 0.15) is 5.82 Å². The molecule has 0 saturated carbocycles. The molecule has 1 aliphatic heterocycles. The van der Waals surface area contributed by atoms with Crippen LogP contribution in [0, 0.1) is 0 Å². The van der Waals surface area contributed by atoms with E-state index in [1.165, 1.54) is 19.3 Å². The van der Waals surface area contributed by atoms with Crippen molar-refractivity contribution in [3.8, 4) is 0 Å². The van der Waals surface area contributed by atoms with Crippen molar-refractivity contribution in [2.45, 2.75) is 39.2 Å². The second-order valence-corrected chi connectivity index (χ2v) is 5.20. The minimum atomic E-state index is 0. The predicted octanol–water partition coefficient (Wildman–Crippen LogP) is 2.50. The fourth-order valence-corrected chi connectivity index (χ4v) is 2.34. The lowest BCUT2D eigenvalue weighted by Gasteiger charge is -2.27. The zero-order valence-electron chi connectivity index (χ0n) is 12.7. The van der Waals surface area contributed by atoms with Gasteiger partial charge in [0.15, 0.2) is 5.96 Å². The van der Waals surface area contributed by atoms with Crippen molar-refractivity contribution in [1.82, 2.24) is 10.3 Å². The summed E-state index contributed by atoms with van der Waals surface area (Å²) in [6.07, 6.45) is 6.77. The lowest BCUT2D eigenvalue weighted by Crippen LogP contribution is -2.32. The first-order valence-electron chi connectivity index (χ1n) is 7.53. The Hall–Kier alpha value is -1.05. The summed E-state index contributed by atoms with van der Waals surface area (Å²) >= 11 is 0. The number of hydrogen-bond donors (Lipinski definition) is 2.